The quantitative estimate of drug-likeness (QED) is 0.652. The summed E-state index contributed by atoms with van der Waals surface area (Å²) in [7, 11) is 0. The molecule has 1 atom stereocenters. The van der Waals surface area contributed by atoms with E-state index in [4.69, 9.17) is 4.74 Å². The maximum Gasteiger partial charge on any atom is 0.265 e. The Hall–Kier alpha value is -3.54. The molecule has 0 bridgehead atoms. The fraction of sp³-hybridized carbons (Fsp3) is 0.280. The molecule has 3 aromatic rings. The number of hydrogen-bond donors (Lipinski definition) is 0. The first-order chi connectivity index (χ1) is 15.2. The van der Waals surface area contributed by atoms with Crippen LogP contribution in [0.25, 0.3) is 5.69 Å². The Bertz CT molecular complexity index is 1070. The normalized spacial score (nSPS) is 18.3. The monoisotopic (exact) mass is 415 g/mol. The second-order valence-electron chi connectivity index (χ2n) is 8.01. The predicted octanol–water partition coefficient (Wildman–Crippen LogP) is 3.90. The summed E-state index contributed by atoms with van der Waals surface area (Å²) < 4.78 is 8.03. The zero-order valence-corrected chi connectivity index (χ0v) is 17.3. The van der Waals surface area contributed by atoms with Crippen molar-refractivity contribution >= 4 is 17.5 Å². The van der Waals surface area contributed by atoms with Crippen LogP contribution < -0.4 is 9.64 Å². The largest absolute Gasteiger partial charge is 0.476 e. The third-order valence-electron chi connectivity index (χ3n) is 5.98. The van der Waals surface area contributed by atoms with Crippen LogP contribution in [0.3, 0.4) is 0 Å². The fourth-order valence-electron chi connectivity index (χ4n) is 4.31. The number of ether oxygens (including phenoxy) is 1. The molecule has 0 unspecified atom stereocenters. The molecule has 2 aliphatic heterocycles. The molecule has 1 aromatic heterocycles. The summed E-state index contributed by atoms with van der Waals surface area (Å²) in [6.07, 6.45) is 6.44. The van der Waals surface area contributed by atoms with Crippen LogP contribution in [0.4, 0.5) is 5.69 Å². The second kappa shape index (κ2) is 8.30. The van der Waals surface area contributed by atoms with E-state index in [1.165, 1.54) is 0 Å². The van der Waals surface area contributed by atoms with E-state index in [9.17, 15) is 9.59 Å². The van der Waals surface area contributed by atoms with Gasteiger partial charge in [0.15, 0.2) is 6.10 Å². The number of anilines is 1. The Morgan fingerprint density at radius 2 is 1.55 bits per heavy atom. The van der Waals surface area contributed by atoms with E-state index in [-0.39, 0.29) is 18.4 Å². The number of carbonyl (C=O) groups excluding carboxylic acids is 2. The van der Waals surface area contributed by atoms with Gasteiger partial charge in [-0.25, -0.2) is 0 Å². The first-order valence-electron chi connectivity index (χ1n) is 10.8. The highest BCUT2D eigenvalue weighted by atomic mass is 16.5. The molecule has 2 aromatic carbocycles. The van der Waals surface area contributed by atoms with Crippen LogP contribution in [0, 0.1) is 0 Å². The predicted molar refractivity (Wildman–Crippen MR) is 119 cm³/mol. The molecule has 6 nitrogen and oxygen atoms in total. The van der Waals surface area contributed by atoms with Gasteiger partial charge >= 0.3 is 0 Å². The standard InChI is InChI=1S/C25H25N3O3/c29-24(19-10-12-20(13-11-19)26-14-6-7-15-26)28-18-23(25(30)27-16-4-1-5-17-27)31-22-9-3-2-8-21(22)28/h2-3,6-15,23H,1,4-5,16-18H2/t23-/m1/s1. The highest BCUT2D eigenvalue weighted by Crippen LogP contribution is 2.34. The second-order valence-corrected chi connectivity index (χ2v) is 8.01. The number of aromatic nitrogens is 1. The van der Waals surface area contributed by atoms with Crippen LogP contribution in [0.15, 0.2) is 73.1 Å². The van der Waals surface area contributed by atoms with Crippen LogP contribution in [0.1, 0.15) is 29.6 Å². The molecule has 0 spiro atoms. The SMILES string of the molecule is O=C([C@H]1CN(C(=O)c2ccc(-n3cccc3)cc2)c2ccccc2O1)N1CCCCC1. The van der Waals surface area contributed by atoms with Crippen LogP contribution in [0.2, 0.25) is 0 Å². The zero-order valence-electron chi connectivity index (χ0n) is 17.3. The number of hydrogen-bond acceptors (Lipinski definition) is 3. The highest BCUT2D eigenvalue weighted by Gasteiger charge is 2.36. The Morgan fingerprint density at radius 3 is 2.29 bits per heavy atom. The average Bonchev–Trinajstić information content (AvgIpc) is 3.38. The van der Waals surface area contributed by atoms with Gasteiger partial charge in [-0.3, -0.25) is 9.59 Å². The molecule has 0 radical (unpaired) electrons. The van der Waals surface area contributed by atoms with Crippen molar-refractivity contribution in [2.75, 3.05) is 24.5 Å². The molecule has 1 fully saturated rings. The highest BCUT2D eigenvalue weighted by molar-refractivity contribution is 6.08. The van der Waals surface area contributed by atoms with Crippen molar-refractivity contribution < 1.29 is 14.3 Å². The van der Waals surface area contributed by atoms with E-state index in [0.29, 0.717) is 17.0 Å². The third-order valence-corrected chi connectivity index (χ3v) is 5.98. The van der Waals surface area contributed by atoms with Gasteiger partial charge in [-0.1, -0.05) is 12.1 Å². The molecule has 0 aliphatic carbocycles. The zero-order chi connectivity index (χ0) is 21.2. The van der Waals surface area contributed by atoms with Crippen LogP contribution in [-0.2, 0) is 4.79 Å². The summed E-state index contributed by atoms with van der Waals surface area (Å²) in [4.78, 5) is 30.1. The van der Waals surface area contributed by atoms with Gasteiger partial charge in [0, 0.05) is 36.7 Å². The number of nitrogens with zero attached hydrogens (tertiary/aromatic N) is 3. The first-order valence-corrected chi connectivity index (χ1v) is 10.8. The lowest BCUT2D eigenvalue weighted by atomic mass is 10.1. The lowest BCUT2D eigenvalue weighted by Crippen LogP contribution is -2.52. The summed E-state index contributed by atoms with van der Waals surface area (Å²) in [5.74, 6) is 0.405. The molecular weight excluding hydrogens is 390 g/mol. The number of amides is 2. The molecule has 3 heterocycles. The Labute approximate surface area is 181 Å². The van der Waals surface area contributed by atoms with Crippen molar-refractivity contribution in [3.05, 3.63) is 78.6 Å². The van der Waals surface area contributed by atoms with Crippen molar-refractivity contribution in [2.45, 2.75) is 25.4 Å². The maximum atomic E-state index is 13.4. The Morgan fingerprint density at radius 1 is 0.839 bits per heavy atom. The van der Waals surface area contributed by atoms with Crippen molar-refractivity contribution in [2.24, 2.45) is 0 Å². The molecule has 2 aliphatic rings. The van der Waals surface area contributed by atoms with Crippen molar-refractivity contribution in [3.8, 4) is 11.4 Å². The van der Waals surface area contributed by atoms with Gasteiger partial charge in [0.05, 0.1) is 12.2 Å². The molecule has 5 rings (SSSR count). The van der Waals surface area contributed by atoms with E-state index in [1.807, 2.05) is 82.5 Å². The number of piperidine rings is 1. The molecule has 2 amide bonds. The maximum absolute atomic E-state index is 13.4. The van der Waals surface area contributed by atoms with Crippen molar-refractivity contribution in [1.82, 2.24) is 9.47 Å². The van der Waals surface area contributed by atoms with Crippen LogP contribution in [0.5, 0.6) is 5.75 Å². The molecule has 0 saturated carbocycles. The number of para-hydroxylation sites is 2. The van der Waals surface area contributed by atoms with E-state index in [2.05, 4.69) is 0 Å². The smallest absolute Gasteiger partial charge is 0.265 e. The minimum Gasteiger partial charge on any atom is -0.476 e. The van der Waals surface area contributed by atoms with E-state index in [0.717, 1.165) is 38.0 Å². The number of benzene rings is 2. The van der Waals surface area contributed by atoms with Crippen LogP contribution in [-0.4, -0.2) is 47.0 Å². The summed E-state index contributed by atoms with van der Waals surface area (Å²) in [6, 6.07) is 18.9. The summed E-state index contributed by atoms with van der Waals surface area (Å²) in [6.45, 7) is 1.73. The van der Waals surface area contributed by atoms with E-state index >= 15 is 0 Å². The average molecular weight is 415 g/mol. The Balaban J connectivity index is 1.41. The van der Waals surface area contributed by atoms with E-state index in [1.54, 1.807) is 4.90 Å². The lowest BCUT2D eigenvalue weighted by molar-refractivity contribution is -0.139. The van der Waals surface area contributed by atoms with Gasteiger partial charge < -0.3 is 19.1 Å². The summed E-state index contributed by atoms with van der Waals surface area (Å²) >= 11 is 0. The lowest BCUT2D eigenvalue weighted by Gasteiger charge is -2.37. The molecule has 1 saturated heterocycles. The summed E-state index contributed by atoms with van der Waals surface area (Å²) in [5, 5.41) is 0. The molecule has 31 heavy (non-hydrogen) atoms. The number of rotatable bonds is 3. The topological polar surface area (TPSA) is 54.8 Å². The van der Waals surface area contributed by atoms with Crippen molar-refractivity contribution in [3.63, 3.8) is 0 Å². The molecular formula is C25H25N3O3. The van der Waals surface area contributed by atoms with Crippen molar-refractivity contribution in [1.29, 1.82) is 0 Å². The summed E-state index contributed by atoms with van der Waals surface area (Å²) in [5.41, 5.74) is 2.27. The number of carbonyl (C=O) groups is 2. The number of likely N-dealkylation sites (tertiary alicyclic amines) is 1. The van der Waals surface area contributed by atoms with Gasteiger partial charge in [0.1, 0.15) is 5.75 Å². The van der Waals surface area contributed by atoms with Gasteiger partial charge in [-0.2, -0.15) is 0 Å². The van der Waals surface area contributed by atoms with E-state index < -0.39 is 6.10 Å². The Kier molecular flexibility index (Phi) is 5.20. The fourth-order valence-corrected chi connectivity index (χ4v) is 4.31. The van der Waals surface area contributed by atoms with Gasteiger partial charge in [-0.15, -0.1) is 0 Å². The minimum atomic E-state index is -0.684. The molecule has 158 valence electrons. The molecule has 6 heteroatoms. The van der Waals surface area contributed by atoms with Crippen LogP contribution >= 0.6 is 0 Å². The third kappa shape index (κ3) is 3.81. The van der Waals surface area contributed by atoms with Gasteiger partial charge in [0.25, 0.3) is 11.8 Å². The number of fused-ring (bicyclic) bond motifs is 1. The molecule has 0 N–H and O–H groups in total. The van der Waals surface area contributed by atoms with Gasteiger partial charge in [0.2, 0.25) is 0 Å². The minimum absolute atomic E-state index is 0.0324. The first kappa shape index (κ1) is 19.4. The van der Waals surface area contributed by atoms with Gasteiger partial charge in [-0.05, 0) is 67.8 Å².